The van der Waals surface area contributed by atoms with Crippen LogP contribution in [0.5, 0.6) is 0 Å². The summed E-state index contributed by atoms with van der Waals surface area (Å²) in [4.78, 5) is 26.3. The van der Waals surface area contributed by atoms with Crippen LogP contribution in [0.4, 0.5) is 0 Å². The summed E-state index contributed by atoms with van der Waals surface area (Å²) < 4.78 is 5.11. The van der Waals surface area contributed by atoms with E-state index < -0.39 is 0 Å². The van der Waals surface area contributed by atoms with Crippen molar-refractivity contribution in [1.82, 2.24) is 4.90 Å². The monoisotopic (exact) mass is 293 g/mol. The van der Waals surface area contributed by atoms with Crippen molar-refractivity contribution in [3.8, 4) is 0 Å². The fourth-order valence-electron chi connectivity index (χ4n) is 4.64. The van der Waals surface area contributed by atoms with Gasteiger partial charge < -0.3 is 9.64 Å². The van der Waals surface area contributed by atoms with E-state index in [0.717, 1.165) is 31.2 Å². The highest BCUT2D eigenvalue weighted by molar-refractivity contribution is 5.78. The molecule has 4 nitrogen and oxygen atoms in total. The van der Waals surface area contributed by atoms with Gasteiger partial charge in [-0.2, -0.15) is 0 Å². The van der Waals surface area contributed by atoms with Gasteiger partial charge in [0.25, 0.3) is 0 Å². The Morgan fingerprint density at radius 2 is 2.05 bits per heavy atom. The molecule has 0 N–H and O–H groups in total. The minimum atomic E-state index is -0.130. The van der Waals surface area contributed by atoms with Crippen molar-refractivity contribution in [3.63, 3.8) is 0 Å². The van der Waals surface area contributed by atoms with Crippen molar-refractivity contribution in [2.24, 2.45) is 23.7 Å². The number of hydrogen-bond donors (Lipinski definition) is 0. The van der Waals surface area contributed by atoms with Gasteiger partial charge in [-0.3, -0.25) is 9.59 Å². The summed E-state index contributed by atoms with van der Waals surface area (Å²) in [7, 11) is 0. The highest BCUT2D eigenvalue weighted by Crippen LogP contribution is 2.49. The second-order valence-corrected chi connectivity index (χ2v) is 7.07. The molecule has 1 amide bonds. The molecule has 1 saturated heterocycles. The van der Waals surface area contributed by atoms with Crippen LogP contribution in [0.1, 0.15) is 51.9 Å². The SMILES string of the molecule is CCOC(=O)[C@H]1CCCN(C(=O)CC2CC3CCC2C3)C1. The van der Waals surface area contributed by atoms with Crippen LogP contribution in [-0.2, 0) is 14.3 Å². The number of amides is 1. The van der Waals surface area contributed by atoms with Gasteiger partial charge >= 0.3 is 5.97 Å². The molecular formula is C17H27NO3. The van der Waals surface area contributed by atoms with Crippen molar-refractivity contribution in [2.45, 2.75) is 51.9 Å². The largest absolute Gasteiger partial charge is 0.466 e. The lowest BCUT2D eigenvalue weighted by molar-refractivity contribution is -0.151. The Kier molecular flexibility index (Phi) is 4.51. The third kappa shape index (κ3) is 3.24. The number of esters is 1. The summed E-state index contributed by atoms with van der Waals surface area (Å²) in [5.74, 6) is 2.32. The fourth-order valence-corrected chi connectivity index (χ4v) is 4.64. The minimum absolute atomic E-state index is 0.109. The maximum Gasteiger partial charge on any atom is 0.310 e. The van der Waals surface area contributed by atoms with E-state index in [0.29, 0.717) is 25.5 Å². The topological polar surface area (TPSA) is 46.6 Å². The lowest BCUT2D eigenvalue weighted by Gasteiger charge is -2.33. The molecule has 0 spiro atoms. The van der Waals surface area contributed by atoms with Crippen LogP contribution in [0.15, 0.2) is 0 Å². The molecule has 0 radical (unpaired) electrons. The van der Waals surface area contributed by atoms with Crippen LogP contribution in [0.25, 0.3) is 0 Å². The number of rotatable bonds is 4. The zero-order valence-electron chi connectivity index (χ0n) is 13.1. The second-order valence-electron chi connectivity index (χ2n) is 7.07. The highest BCUT2D eigenvalue weighted by Gasteiger charge is 2.41. The molecule has 4 atom stereocenters. The zero-order valence-corrected chi connectivity index (χ0v) is 13.1. The van der Waals surface area contributed by atoms with Crippen LogP contribution in [-0.4, -0.2) is 36.5 Å². The first-order chi connectivity index (χ1) is 10.2. The van der Waals surface area contributed by atoms with E-state index in [4.69, 9.17) is 4.74 Å². The number of hydrogen-bond acceptors (Lipinski definition) is 3. The summed E-state index contributed by atoms with van der Waals surface area (Å²) in [5, 5.41) is 0. The van der Waals surface area contributed by atoms with Gasteiger partial charge in [0, 0.05) is 19.5 Å². The van der Waals surface area contributed by atoms with Gasteiger partial charge in [-0.15, -0.1) is 0 Å². The Morgan fingerprint density at radius 3 is 2.71 bits per heavy atom. The summed E-state index contributed by atoms with van der Waals surface area (Å²) >= 11 is 0. The normalized spacial score (nSPS) is 35.0. The number of likely N-dealkylation sites (tertiary alicyclic amines) is 1. The van der Waals surface area contributed by atoms with E-state index in [1.54, 1.807) is 0 Å². The van der Waals surface area contributed by atoms with Gasteiger partial charge in [0.15, 0.2) is 0 Å². The van der Waals surface area contributed by atoms with Crippen LogP contribution in [0, 0.1) is 23.7 Å². The molecule has 118 valence electrons. The maximum absolute atomic E-state index is 12.5. The maximum atomic E-state index is 12.5. The van der Waals surface area contributed by atoms with Crippen molar-refractivity contribution >= 4 is 11.9 Å². The van der Waals surface area contributed by atoms with Gasteiger partial charge in [-0.25, -0.2) is 0 Å². The van der Waals surface area contributed by atoms with Crippen LogP contribution in [0.2, 0.25) is 0 Å². The zero-order chi connectivity index (χ0) is 14.8. The molecule has 21 heavy (non-hydrogen) atoms. The molecule has 3 aliphatic rings. The molecule has 1 aliphatic heterocycles. The highest BCUT2D eigenvalue weighted by atomic mass is 16.5. The Labute approximate surface area is 127 Å². The summed E-state index contributed by atoms with van der Waals surface area (Å²) in [6.07, 6.45) is 7.80. The van der Waals surface area contributed by atoms with Crippen LogP contribution < -0.4 is 0 Å². The first-order valence-corrected chi connectivity index (χ1v) is 8.61. The lowest BCUT2D eigenvalue weighted by Crippen LogP contribution is -2.43. The Hall–Kier alpha value is -1.06. The van der Waals surface area contributed by atoms with Crippen molar-refractivity contribution < 1.29 is 14.3 Å². The van der Waals surface area contributed by atoms with Crippen LogP contribution >= 0.6 is 0 Å². The van der Waals surface area contributed by atoms with Crippen molar-refractivity contribution in [2.75, 3.05) is 19.7 Å². The molecule has 2 bridgehead atoms. The predicted molar refractivity (Wildman–Crippen MR) is 79.5 cm³/mol. The Bertz CT molecular complexity index is 409. The molecule has 3 fully saturated rings. The van der Waals surface area contributed by atoms with E-state index in [1.165, 1.54) is 25.7 Å². The summed E-state index contributed by atoms with van der Waals surface area (Å²) in [6.45, 7) is 3.64. The van der Waals surface area contributed by atoms with E-state index in [9.17, 15) is 9.59 Å². The van der Waals surface area contributed by atoms with E-state index >= 15 is 0 Å². The molecule has 1 heterocycles. The number of fused-ring (bicyclic) bond motifs is 2. The molecular weight excluding hydrogens is 266 g/mol. The molecule has 2 saturated carbocycles. The van der Waals surface area contributed by atoms with Gasteiger partial charge in [-0.1, -0.05) is 6.42 Å². The van der Waals surface area contributed by atoms with Gasteiger partial charge in [0.1, 0.15) is 0 Å². The van der Waals surface area contributed by atoms with E-state index in [1.807, 2.05) is 11.8 Å². The Morgan fingerprint density at radius 1 is 1.19 bits per heavy atom. The first-order valence-electron chi connectivity index (χ1n) is 8.61. The van der Waals surface area contributed by atoms with E-state index in [-0.39, 0.29) is 17.8 Å². The quantitative estimate of drug-likeness (QED) is 0.749. The molecule has 2 aliphatic carbocycles. The van der Waals surface area contributed by atoms with E-state index in [2.05, 4.69) is 0 Å². The van der Waals surface area contributed by atoms with Crippen molar-refractivity contribution in [3.05, 3.63) is 0 Å². The predicted octanol–water partition coefficient (Wildman–Crippen LogP) is 2.61. The fraction of sp³-hybridized carbons (Fsp3) is 0.882. The molecule has 0 aromatic rings. The van der Waals surface area contributed by atoms with Crippen LogP contribution in [0.3, 0.4) is 0 Å². The third-order valence-corrected chi connectivity index (χ3v) is 5.72. The number of nitrogens with zero attached hydrogens (tertiary/aromatic N) is 1. The number of carbonyl (C=O) groups excluding carboxylic acids is 2. The minimum Gasteiger partial charge on any atom is -0.466 e. The smallest absolute Gasteiger partial charge is 0.310 e. The summed E-state index contributed by atoms with van der Waals surface area (Å²) in [6, 6.07) is 0. The van der Waals surface area contributed by atoms with Gasteiger partial charge in [-0.05, 0) is 56.8 Å². The average molecular weight is 293 g/mol. The second kappa shape index (κ2) is 6.37. The van der Waals surface area contributed by atoms with Gasteiger partial charge in [0.05, 0.1) is 12.5 Å². The molecule has 4 heteroatoms. The molecule has 0 aromatic carbocycles. The molecule has 0 aromatic heterocycles. The molecule has 3 rings (SSSR count). The number of piperidine rings is 1. The first kappa shape index (κ1) is 14.9. The number of ether oxygens (including phenoxy) is 1. The standard InChI is InChI=1S/C17H27NO3/c1-2-21-17(20)14-4-3-7-18(11-14)16(19)10-15-9-12-5-6-13(15)8-12/h12-15H,2-11H2,1H3/t12?,13?,14-,15?/m0/s1. The average Bonchev–Trinajstić information content (AvgIpc) is 3.10. The lowest BCUT2D eigenvalue weighted by atomic mass is 9.86. The van der Waals surface area contributed by atoms with Gasteiger partial charge in [0.2, 0.25) is 5.91 Å². The third-order valence-electron chi connectivity index (χ3n) is 5.72. The number of carbonyl (C=O) groups is 2. The Balaban J connectivity index is 1.51. The molecule has 3 unspecified atom stereocenters. The van der Waals surface area contributed by atoms with Crippen molar-refractivity contribution in [1.29, 1.82) is 0 Å². The summed E-state index contributed by atoms with van der Waals surface area (Å²) in [5.41, 5.74) is 0.